The predicted octanol–water partition coefficient (Wildman–Crippen LogP) is 1.69. The van der Waals surface area contributed by atoms with Crippen molar-refractivity contribution in [2.24, 2.45) is 7.05 Å². The molecule has 1 aromatic heterocycles. The Balaban J connectivity index is 1.58. The van der Waals surface area contributed by atoms with Crippen LogP contribution in [0.4, 0.5) is 0 Å². The molecule has 0 bridgehead atoms. The van der Waals surface area contributed by atoms with Gasteiger partial charge in [0.25, 0.3) is 0 Å². The van der Waals surface area contributed by atoms with Gasteiger partial charge in [-0.3, -0.25) is 0 Å². The molecule has 1 aromatic carbocycles. The summed E-state index contributed by atoms with van der Waals surface area (Å²) in [5, 5.41) is 15.7. The van der Waals surface area contributed by atoms with Crippen molar-refractivity contribution in [3.05, 3.63) is 34.6 Å². The van der Waals surface area contributed by atoms with Crippen molar-refractivity contribution in [1.82, 2.24) is 25.5 Å². The third kappa shape index (κ3) is 3.46. The number of tetrazole rings is 1. The average Bonchev–Trinajstić information content (AvgIpc) is 3.17. The van der Waals surface area contributed by atoms with Crippen molar-refractivity contribution >= 4 is 11.6 Å². The van der Waals surface area contributed by atoms with Crippen molar-refractivity contribution in [3.63, 3.8) is 0 Å². The minimum absolute atomic E-state index is 0.257. The standard InChI is InChI=1S/C13H16ClN5O/c1-19-17-13(16-18-19)8-20-12-5-2-9(6-11(12)14)7-15-10-3-4-10/h2,5-6,10,15H,3-4,7-8H2,1H3. The van der Waals surface area contributed by atoms with Crippen LogP contribution in [0.3, 0.4) is 0 Å². The molecule has 0 aliphatic heterocycles. The minimum atomic E-state index is 0.257. The summed E-state index contributed by atoms with van der Waals surface area (Å²) >= 11 is 6.22. The van der Waals surface area contributed by atoms with Gasteiger partial charge >= 0.3 is 0 Å². The maximum Gasteiger partial charge on any atom is 0.212 e. The molecule has 1 aliphatic carbocycles. The second-order valence-corrected chi connectivity index (χ2v) is 5.31. The third-order valence-electron chi connectivity index (χ3n) is 3.08. The molecule has 0 spiro atoms. The molecule has 0 radical (unpaired) electrons. The number of hydrogen-bond acceptors (Lipinski definition) is 5. The van der Waals surface area contributed by atoms with Gasteiger partial charge in [-0.1, -0.05) is 17.7 Å². The molecular formula is C13H16ClN5O. The van der Waals surface area contributed by atoms with Crippen LogP contribution in [0, 0.1) is 0 Å². The number of aryl methyl sites for hydroxylation is 1. The van der Waals surface area contributed by atoms with Crippen LogP contribution in [-0.2, 0) is 20.2 Å². The second kappa shape index (κ2) is 5.76. The number of nitrogens with one attached hydrogen (secondary N) is 1. The number of halogens is 1. The fraction of sp³-hybridized carbons (Fsp3) is 0.462. The van der Waals surface area contributed by atoms with Crippen molar-refractivity contribution in [3.8, 4) is 5.75 Å². The lowest BCUT2D eigenvalue weighted by Gasteiger charge is -2.08. The van der Waals surface area contributed by atoms with Crippen LogP contribution in [0.5, 0.6) is 5.75 Å². The summed E-state index contributed by atoms with van der Waals surface area (Å²) in [6.07, 6.45) is 2.56. The Hall–Kier alpha value is -1.66. The van der Waals surface area contributed by atoms with Gasteiger partial charge in [0.05, 0.1) is 12.1 Å². The first-order valence-electron chi connectivity index (χ1n) is 6.58. The Kier molecular flexibility index (Phi) is 3.84. The lowest BCUT2D eigenvalue weighted by Crippen LogP contribution is -2.15. The Morgan fingerprint density at radius 3 is 2.95 bits per heavy atom. The molecule has 1 heterocycles. The highest BCUT2D eigenvalue weighted by molar-refractivity contribution is 6.32. The van der Waals surface area contributed by atoms with Crippen LogP contribution in [-0.4, -0.2) is 26.2 Å². The Morgan fingerprint density at radius 2 is 2.30 bits per heavy atom. The fourth-order valence-corrected chi connectivity index (χ4v) is 2.10. The molecule has 1 saturated carbocycles. The Morgan fingerprint density at radius 1 is 1.45 bits per heavy atom. The second-order valence-electron chi connectivity index (χ2n) is 4.90. The quantitative estimate of drug-likeness (QED) is 0.878. The molecular weight excluding hydrogens is 278 g/mol. The molecule has 106 valence electrons. The number of ether oxygens (including phenoxy) is 1. The molecule has 2 aromatic rings. The monoisotopic (exact) mass is 293 g/mol. The van der Waals surface area contributed by atoms with Crippen molar-refractivity contribution in [1.29, 1.82) is 0 Å². The van der Waals surface area contributed by atoms with Crippen LogP contribution in [0.1, 0.15) is 24.2 Å². The van der Waals surface area contributed by atoms with Crippen LogP contribution in [0.2, 0.25) is 5.02 Å². The van der Waals surface area contributed by atoms with Gasteiger partial charge in [-0.2, -0.15) is 4.80 Å². The molecule has 1 fully saturated rings. The SMILES string of the molecule is Cn1nnc(COc2ccc(CNC3CC3)cc2Cl)n1. The van der Waals surface area contributed by atoms with Crippen molar-refractivity contribution in [2.45, 2.75) is 32.0 Å². The summed E-state index contributed by atoms with van der Waals surface area (Å²) in [7, 11) is 1.71. The highest BCUT2D eigenvalue weighted by Crippen LogP contribution is 2.26. The van der Waals surface area contributed by atoms with Crippen LogP contribution in [0.25, 0.3) is 0 Å². The van der Waals surface area contributed by atoms with Crippen molar-refractivity contribution < 1.29 is 4.74 Å². The van der Waals surface area contributed by atoms with Gasteiger partial charge in [0.1, 0.15) is 5.75 Å². The van der Waals surface area contributed by atoms with E-state index in [4.69, 9.17) is 16.3 Å². The van der Waals surface area contributed by atoms with Crippen LogP contribution < -0.4 is 10.1 Å². The van der Waals surface area contributed by atoms with E-state index < -0.39 is 0 Å². The minimum Gasteiger partial charge on any atom is -0.484 e. The third-order valence-corrected chi connectivity index (χ3v) is 3.37. The zero-order chi connectivity index (χ0) is 13.9. The molecule has 7 heteroatoms. The molecule has 6 nitrogen and oxygen atoms in total. The predicted molar refractivity (Wildman–Crippen MR) is 74.4 cm³/mol. The van der Waals surface area contributed by atoms with Gasteiger partial charge in [0.15, 0.2) is 6.61 Å². The van der Waals surface area contributed by atoms with E-state index in [1.54, 1.807) is 7.05 Å². The maximum atomic E-state index is 6.22. The van der Waals surface area contributed by atoms with Crippen LogP contribution >= 0.6 is 11.6 Å². The molecule has 0 saturated heterocycles. The van der Waals surface area contributed by atoms with E-state index >= 15 is 0 Å². The first kappa shape index (κ1) is 13.3. The fourth-order valence-electron chi connectivity index (χ4n) is 1.84. The van der Waals surface area contributed by atoms with Gasteiger partial charge in [0.2, 0.25) is 5.82 Å². The Bertz CT molecular complexity index is 596. The molecule has 1 aliphatic rings. The lowest BCUT2D eigenvalue weighted by molar-refractivity contribution is 0.295. The van der Waals surface area contributed by atoms with Gasteiger partial charge < -0.3 is 10.1 Å². The first-order valence-corrected chi connectivity index (χ1v) is 6.96. The van der Waals surface area contributed by atoms with Crippen molar-refractivity contribution in [2.75, 3.05) is 0 Å². The topological polar surface area (TPSA) is 64.9 Å². The lowest BCUT2D eigenvalue weighted by atomic mass is 10.2. The maximum absolute atomic E-state index is 6.22. The highest BCUT2D eigenvalue weighted by Gasteiger charge is 2.20. The van der Waals surface area contributed by atoms with Gasteiger partial charge in [-0.25, -0.2) is 0 Å². The zero-order valence-corrected chi connectivity index (χ0v) is 12.0. The smallest absolute Gasteiger partial charge is 0.212 e. The van der Waals surface area contributed by atoms with E-state index in [2.05, 4.69) is 20.7 Å². The molecule has 0 atom stereocenters. The molecule has 0 unspecified atom stereocenters. The van der Waals surface area contributed by atoms with E-state index in [0.29, 0.717) is 22.6 Å². The van der Waals surface area contributed by atoms with E-state index in [1.165, 1.54) is 17.6 Å². The highest BCUT2D eigenvalue weighted by atomic mass is 35.5. The first-order chi connectivity index (χ1) is 9.70. The largest absolute Gasteiger partial charge is 0.484 e. The molecule has 1 N–H and O–H groups in total. The average molecular weight is 294 g/mol. The zero-order valence-electron chi connectivity index (χ0n) is 11.2. The molecule has 3 rings (SSSR count). The summed E-state index contributed by atoms with van der Waals surface area (Å²) in [6, 6.07) is 6.51. The van der Waals surface area contributed by atoms with E-state index in [-0.39, 0.29) is 6.61 Å². The van der Waals surface area contributed by atoms with E-state index in [0.717, 1.165) is 12.1 Å². The van der Waals surface area contributed by atoms with Gasteiger partial charge in [-0.15, -0.1) is 10.2 Å². The normalized spacial score (nSPS) is 14.5. The van der Waals surface area contributed by atoms with E-state index in [1.807, 2.05) is 18.2 Å². The number of aromatic nitrogens is 4. The number of rotatable bonds is 6. The van der Waals surface area contributed by atoms with Gasteiger partial charge in [-0.05, 0) is 35.8 Å². The summed E-state index contributed by atoms with van der Waals surface area (Å²) < 4.78 is 5.60. The number of nitrogens with zero attached hydrogens (tertiary/aromatic N) is 4. The Labute approximate surface area is 122 Å². The summed E-state index contributed by atoms with van der Waals surface area (Å²) in [5.41, 5.74) is 1.16. The van der Waals surface area contributed by atoms with Gasteiger partial charge in [0, 0.05) is 12.6 Å². The number of benzene rings is 1. The summed E-state index contributed by atoms with van der Waals surface area (Å²) in [5.74, 6) is 1.16. The van der Waals surface area contributed by atoms with Crippen LogP contribution in [0.15, 0.2) is 18.2 Å². The number of hydrogen-bond donors (Lipinski definition) is 1. The molecule has 0 amide bonds. The van der Waals surface area contributed by atoms with E-state index in [9.17, 15) is 0 Å². The summed E-state index contributed by atoms with van der Waals surface area (Å²) in [4.78, 5) is 1.40. The molecule has 20 heavy (non-hydrogen) atoms. The summed E-state index contributed by atoms with van der Waals surface area (Å²) in [6.45, 7) is 1.10.